The number of nitrogens with one attached hydrogen (secondary N) is 3. The van der Waals surface area contributed by atoms with E-state index in [9.17, 15) is 13.2 Å². The number of sulfone groups is 1. The molecule has 1 saturated carbocycles. The Morgan fingerprint density at radius 3 is 2.71 bits per heavy atom. The first-order chi connectivity index (χ1) is 14.9. The van der Waals surface area contributed by atoms with Gasteiger partial charge in [-0.2, -0.15) is 10.2 Å². The summed E-state index contributed by atoms with van der Waals surface area (Å²) in [4.78, 5) is 13.6. The van der Waals surface area contributed by atoms with Crippen molar-refractivity contribution in [3.05, 3.63) is 36.7 Å². The summed E-state index contributed by atoms with van der Waals surface area (Å²) in [6.07, 6.45) is 5.27. The van der Waals surface area contributed by atoms with E-state index in [1.165, 1.54) is 0 Å². The number of hydrogen-bond donors (Lipinski definition) is 3. The largest absolute Gasteiger partial charge is 0.307 e. The molecule has 1 aliphatic heterocycles. The average molecular weight is 444 g/mol. The fourth-order valence-electron chi connectivity index (χ4n) is 4.10. The molecule has 2 aliphatic rings. The van der Waals surface area contributed by atoms with Gasteiger partial charge in [-0.1, -0.05) is 6.07 Å². The predicted octanol–water partition coefficient (Wildman–Crippen LogP) is 1.000. The Bertz CT molecular complexity index is 1220. The van der Waals surface area contributed by atoms with Crippen molar-refractivity contribution >= 4 is 32.5 Å². The number of amides is 1. The van der Waals surface area contributed by atoms with Crippen molar-refractivity contribution in [2.45, 2.75) is 35.4 Å². The quantitative estimate of drug-likeness (QED) is 0.498. The summed E-state index contributed by atoms with van der Waals surface area (Å²) in [6.45, 7) is 1.49. The zero-order valence-electron chi connectivity index (χ0n) is 17.2. The highest BCUT2D eigenvalue weighted by Crippen LogP contribution is 2.37. The first kappa shape index (κ1) is 20.2. The lowest BCUT2D eigenvalue weighted by atomic mass is 10.00. The van der Waals surface area contributed by atoms with Crippen molar-refractivity contribution in [2.75, 3.05) is 18.4 Å². The minimum Gasteiger partial charge on any atom is -0.307 e. The first-order valence-electron chi connectivity index (χ1n) is 10.4. The Hall–Kier alpha value is -2.76. The molecule has 0 unspecified atom stereocenters. The summed E-state index contributed by atoms with van der Waals surface area (Å²) in [6, 6.07) is 6.30. The second-order valence-electron chi connectivity index (χ2n) is 8.27. The van der Waals surface area contributed by atoms with Crippen molar-refractivity contribution < 1.29 is 13.2 Å². The third kappa shape index (κ3) is 3.84. The maximum absolute atomic E-state index is 13.3. The number of aryl methyl sites for hydroxylation is 1. The van der Waals surface area contributed by atoms with Gasteiger partial charge in [0.05, 0.1) is 21.9 Å². The lowest BCUT2D eigenvalue weighted by Crippen LogP contribution is -2.30. The number of benzene rings is 1. The Balaban J connectivity index is 1.53. The van der Waals surface area contributed by atoms with Crippen LogP contribution in [0.1, 0.15) is 25.3 Å². The van der Waals surface area contributed by atoms with Gasteiger partial charge in [-0.3, -0.25) is 25.0 Å². The first-order valence-corrected chi connectivity index (χ1v) is 11.9. The fraction of sp³-hybridized carbons (Fsp3) is 0.450. The molecule has 0 radical (unpaired) electrons. The number of carbonyl (C=O) groups excluding carboxylic acids is 1. The molecule has 1 aromatic carbocycles. The zero-order valence-corrected chi connectivity index (χ0v) is 18.0. The smallest absolute Gasteiger partial charge is 0.250 e. The highest BCUT2D eigenvalue weighted by Gasteiger charge is 2.38. The molecule has 3 N–H and O–H groups in total. The third-order valence-corrected chi connectivity index (χ3v) is 8.21. The number of hydrogen-bond acceptors (Lipinski definition) is 7. The van der Waals surface area contributed by atoms with Gasteiger partial charge in [0.2, 0.25) is 5.91 Å². The van der Waals surface area contributed by atoms with Crippen molar-refractivity contribution in [2.24, 2.45) is 13.0 Å². The number of anilines is 1. The van der Waals surface area contributed by atoms with E-state index >= 15 is 0 Å². The molecule has 3 heterocycles. The Morgan fingerprint density at radius 1 is 1.26 bits per heavy atom. The van der Waals surface area contributed by atoms with Gasteiger partial charge in [0, 0.05) is 37.8 Å². The molecule has 31 heavy (non-hydrogen) atoms. The molecule has 2 aromatic heterocycles. The van der Waals surface area contributed by atoms with Crippen LogP contribution in [-0.4, -0.2) is 52.2 Å². The summed E-state index contributed by atoms with van der Waals surface area (Å²) in [5.74, 6) is 0.469. The number of rotatable bonds is 7. The Morgan fingerprint density at radius 2 is 2.03 bits per heavy atom. The molecule has 164 valence electrons. The number of fused-ring (bicyclic) bond motifs is 1. The fourth-order valence-corrected chi connectivity index (χ4v) is 5.94. The van der Waals surface area contributed by atoms with Gasteiger partial charge in [-0.15, -0.1) is 0 Å². The molecule has 2 fully saturated rings. The van der Waals surface area contributed by atoms with Crippen LogP contribution in [-0.2, 0) is 21.7 Å². The van der Waals surface area contributed by atoms with Crippen molar-refractivity contribution in [1.29, 1.82) is 0 Å². The number of nitrogens with zero attached hydrogens (tertiary/aromatic N) is 4. The van der Waals surface area contributed by atoms with E-state index in [0.717, 1.165) is 13.1 Å². The van der Waals surface area contributed by atoms with Crippen LogP contribution in [0.25, 0.3) is 10.9 Å². The van der Waals surface area contributed by atoms with Crippen LogP contribution in [0.5, 0.6) is 0 Å². The van der Waals surface area contributed by atoms with Gasteiger partial charge in [-0.05, 0) is 37.3 Å². The molecule has 1 amide bonds. The molecular weight excluding hydrogens is 418 g/mol. The van der Waals surface area contributed by atoms with E-state index in [-0.39, 0.29) is 17.1 Å². The van der Waals surface area contributed by atoms with Crippen LogP contribution >= 0.6 is 0 Å². The van der Waals surface area contributed by atoms with Crippen LogP contribution in [0.15, 0.2) is 41.6 Å². The maximum Gasteiger partial charge on any atom is 0.250 e. The van der Waals surface area contributed by atoms with Gasteiger partial charge in [0.25, 0.3) is 0 Å². The van der Waals surface area contributed by atoms with Crippen LogP contribution in [0.2, 0.25) is 0 Å². The van der Waals surface area contributed by atoms with Crippen LogP contribution in [0.4, 0.5) is 5.82 Å². The van der Waals surface area contributed by atoms with Gasteiger partial charge < -0.3 is 5.32 Å². The number of hydrazine groups is 1. The SMILES string of the molecule is Cn1ccc(NC(=O)[C@@H](CC2CNNC2)n2ncc3c(S(=O)(=O)C4CC4)cccc32)n1. The van der Waals surface area contributed by atoms with Gasteiger partial charge in [0.1, 0.15) is 6.04 Å². The minimum absolute atomic E-state index is 0.231. The second-order valence-corrected chi connectivity index (χ2v) is 10.5. The molecule has 3 aromatic rings. The third-order valence-electron chi connectivity index (χ3n) is 5.90. The normalized spacial score (nSPS) is 18.5. The molecule has 1 saturated heterocycles. The lowest BCUT2D eigenvalue weighted by Gasteiger charge is -2.20. The van der Waals surface area contributed by atoms with Crippen molar-refractivity contribution in [3.63, 3.8) is 0 Å². The predicted molar refractivity (Wildman–Crippen MR) is 115 cm³/mol. The molecule has 11 heteroatoms. The molecule has 1 aliphatic carbocycles. The second kappa shape index (κ2) is 7.74. The van der Waals surface area contributed by atoms with Crippen LogP contribution < -0.4 is 16.2 Å². The van der Waals surface area contributed by atoms with E-state index < -0.39 is 15.9 Å². The lowest BCUT2D eigenvalue weighted by molar-refractivity contribution is -0.119. The summed E-state index contributed by atoms with van der Waals surface area (Å²) >= 11 is 0. The summed E-state index contributed by atoms with van der Waals surface area (Å²) in [7, 11) is -1.60. The number of carbonyl (C=O) groups is 1. The summed E-state index contributed by atoms with van der Waals surface area (Å²) in [5, 5.41) is 11.8. The van der Waals surface area contributed by atoms with E-state index in [2.05, 4.69) is 26.4 Å². The van der Waals surface area contributed by atoms with Gasteiger partial charge in [0.15, 0.2) is 15.7 Å². The molecular formula is C20H25N7O3S. The zero-order chi connectivity index (χ0) is 21.6. The van der Waals surface area contributed by atoms with E-state index in [0.29, 0.717) is 40.9 Å². The molecule has 1 atom stereocenters. The Kier molecular flexibility index (Phi) is 5.03. The molecule has 5 rings (SSSR count). The van der Waals surface area contributed by atoms with E-state index in [1.807, 2.05) is 6.07 Å². The summed E-state index contributed by atoms with van der Waals surface area (Å²) < 4.78 is 29.1. The van der Waals surface area contributed by atoms with E-state index in [4.69, 9.17) is 0 Å². The van der Waals surface area contributed by atoms with E-state index in [1.54, 1.807) is 47.0 Å². The monoisotopic (exact) mass is 443 g/mol. The van der Waals surface area contributed by atoms with Crippen LogP contribution in [0.3, 0.4) is 0 Å². The van der Waals surface area contributed by atoms with Crippen molar-refractivity contribution in [1.82, 2.24) is 30.4 Å². The highest BCUT2D eigenvalue weighted by atomic mass is 32.2. The van der Waals surface area contributed by atoms with Gasteiger partial charge >= 0.3 is 0 Å². The van der Waals surface area contributed by atoms with Gasteiger partial charge in [-0.25, -0.2) is 8.42 Å². The Labute approximate surface area is 179 Å². The average Bonchev–Trinajstić information content (AvgIpc) is 3.13. The topological polar surface area (TPSA) is 123 Å². The van der Waals surface area contributed by atoms with Crippen LogP contribution in [0, 0.1) is 5.92 Å². The maximum atomic E-state index is 13.3. The molecule has 0 spiro atoms. The van der Waals surface area contributed by atoms with Crippen molar-refractivity contribution in [3.8, 4) is 0 Å². The molecule has 0 bridgehead atoms. The summed E-state index contributed by atoms with van der Waals surface area (Å²) in [5.41, 5.74) is 6.83. The minimum atomic E-state index is -3.38. The number of aromatic nitrogens is 4. The highest BCUT2D eigenvalue weighted by molar-refractivity contribution is 7.92. The standard InChI is InChI=1S/C20H25N7O3S/c1-26-8-7-19(25-26)24-20(28)17(9-13-10-21-22-11-13)27-16-3-2-4-18(15(16)12-23-27)31(29,30)14-5-6-14/h2-4,7-8,12-14,17,21-22H,5-6,9-11H2,1H3,(H,24,25,28)/t17-/m1/s1. The molecule has 10 nitrogen and oxygen atoms in total.